The van der Waals surface area contributed by atoms with Crippen LogP contribution in [0.25, 0.3) is 0 Å². The first kappa shape index (κ1) is 23.4. The lowest BCUT2D eigenvalue weighted by atomic mass is 9.49. The molecule has 172 valence electrons. The number of ether oxygens (including phenoxy) is 1. The van der Waals surface area contributed by atoms with Crippen molar-refractivity contribution in [1.82, 2.24) is 0 Å². The maximum atomic E-state index is 13.0. The molecule has 0 aromatic carbocycles. The molecule has 0 aliphatic heterocycles. The molecular formula is C21H28F6O3. The molecule has 3 aliphatic carbocycles. The van der Waals surface area contributed by atoms with Gasteiger partial charge in [0.25, 0.3) is 5.60 Å². The topological polar surface area (TPSA) is 46.5 Å². The van der Waals surface area contributed by atoms with Crippen LogP contribution in [-0.2, 0) is 9.53 Å². The molecule has 3 nitrogen and oxygen atoms in total. The molecule has 3 rings (SSSR count). The van der Waals surface area contributed by atoms with Gasteiger partial charge in [-0.25, -0.2) is 0 Å². The average Bonchev–Trinajstić information content (AvgIpc) is 3.25. The second kappa shape index (κ2) is 6.87. The van der Waals surface area contributed by atoms with E-state index >= 15 is 0 Å². The van der Waals surface area contributed by atoms with E-state index in [0.717, 1.165) is 0 Å². The number of rotatable bonds is 6. The molecule has 0 radical (unpaired) electrons. The Labute approximate surface area is 171 Å². The fourth-order valence-corrected chi connectivity index (χ4v) is 4.89. The number of alkyl halides is 6. The summed E-state index contributed by atoms with van der Waals surface area (Å²) >= 11 is 0. The Hall–Kier alpha value is -1.25. The van der Waals surface area contributed by atoms with Gasteiger partial charge in [0.05, 0.1) is 5.92 Å². The molecule has 0 amide bonds. The molecule has 5 unspecified atom stereocenters. The first-order valence-corrected chi connectivity index (χ1v) is 10.1. The summed E-state index contributed by atoms with van der Waals surface area (Å²) in [5.41, 5.74) is -5.31. The van der Waals surface area contributed by atoms with E-state index in [1.165, 1.54) is 0 Å². The summed E-state index contributed by atoms with van der Waals surface area (Å²) in [4.78, 5) is 12.8. The zero-order valence-electron chi connectivity index (χ0n) is 17.4. The smallest absolute Gasteiger partial charge is 0.426 e. The van der Waals surface area contributed by atoms with Crippen LogP contribution in [0.3, 0.4) is 0 Å². The molecule has 2 saturated carbocycles. The Morgan fingerprint density at radius 2 is 1.63 bits per heavy atom. The highest BCUT2D eigenvalue weighted by Crippen LogP contribution is 2.61. The average molecular weight is 442 g/mol. The summed E-state index contributed by atoms with van der Waals surface area (Å²) < 4.78 is 83.6. The number of fused-ring (bicyclic) bond motifs is 1. The predicted octanol–water partition coefficient (Wildman–Crippen LogP) is 5.43. The Morgan fingerprint density at radius 3 is 2.03 bits per heavy atom. The molecule has 0 aromatic rings. The first-order chi connectivity index (χ1) is 13.4. The van der Waals surface area contributed by atoms with E-state index in [-0.39, 0.29) is 17.8 Å². The predicted molar refractivity (Wildman–Crippen MR) is 96.1 cm³/mol. The minimum absolute atomic E-state index is 0.0609. The van der Waals surface area contributed by atoms with Crippen LogP contribution in [0.15, 0.2) is 12.2 Å². The lowest BCUT2D eigenvalue weighted by Gasteiger charge is -2.58. The highest BCUT2D eigenvalue weighted by Gasteiger charge is 2.72. The van der Waals surface area contributed by atoms with Crippen molar-refractivity contribution in [2.45, 2.75) is 77.4 Å². The third kappa shape index (κ3) is 4.10. The van der Waals surface area contributed by atoms with Gasteiger partial charge in [-0.3, -0.25) is 4.79 Å². The molecule has 0 saturated heterocycles. The zero-order valence-corrected chi connectivity index (χ0v) is 17.4. The van der Waals surface area contributed by atoms with Gasteiger partial charge in [0.15, 0.2) is 0 Å². The fraction of sp³-hybridized carbons (Fsp3) is 0.857. The first-order valence-electron chi connectivity index (χ1n) is 10.1. The Bertz CT molecular complexity index is 698. The molecule has 9 heteroatoms. The number of carbonyl (C=O) groups excluding carboxylic acids is 1. The molecule has 0 bridgehead atoms. The van der Waals surface area contributed by atoms with Crippen LogP contribution in [0, 0.1) is 34.5 Å². The maximum absolute atomic E-state index is 13.0. The summed E-state index contributed by atoms with van der Waals surface area (Å²) in [6, 6.07) is 0. The number of esters is 1. The molecule has 5 atom stereocenters. The van der Waals surface area contributed by atoms with Crippen molar-refractivity contribution >= 4 is 5.97 Å². The maximum Gasteiger partial charge on any atom is 0.426 e. The number of hydrogen-bond acceptors (Lipinski definition) is 3. The van der Waals surface area contributed by atoms with Crippen molar-refractivity contribution in [3.63, 3.8) is 0 Å². The van der Waals surface area contributed by atoms with Gasteiger partial charge >= 0.3 is 18.3 Å². The second-order valence-corrected chi connectivity index (χ2v) is 10.6. The van der Waals surface area contributed by atoms with Crippen LogP contribution in [0.2, 0.25) is 0 Å². The van der Waals surface area contributed by atoms with Crippen LogP contribution in [0.4, 0.5) is 26.3 Å². The van der Waals surface area contributed by atoms with Gasteiger partial charge in [0.2, 0.25) is 0 Å². The standard InChI is InChI=1S/C21H28F6O3/c1-17(2,3)10-13(18(4)5-6-18)16(28)30-14-8-11-7-12(15(11)14)9-19(29,20(22,23)24)21(25,26)27/h5-6,11-15,29H,7-10H2,1-4H3. The summed E-state index contributed by atoms with van der Waals surface area (Å²) in [7, 11) is 0. The van der Waals surface area contributed by atoms with Crippen molar-refractivity contribution in [2.75, 3.05) is 0 Å². The van der Waals surface area contributed by atoms with Crippen LogP contribution < -0.4 is 0 Å². The summed E-state index contributed by atoms with van der Waals surface area (Å²) in [6.07, 6.45) is -8.86. The molecular weight excluding hydrogens is 414 g/mol. The quantitative estimate of drug-likeness (QED) is 0.339. The number of allylic oxidation sites excluding steroid dienone is 2. The lowest BCUT2D eigenvalue weighted by Crippen LogP contribution is -2.63. The molecule has 3 aliphatic rings. The Kier molecular flexibility index (Phi) is 5.36. The monoisotopic (exact) mass is 442 g/mol. The number of aliphatic hydroxyl groups is 1. The molecule has 1 N–H and O–H groups in total. The van der Waals surface area contributed by atoms with E-state index in [9.17, 15) is 36.2 Å². The van der Waals surface area contributed by atoms with Crippen molar-refractivity contribution in [3.05, 3.63) is 12.2 Å². The van der Waals surface area contributed by atoms with Crippen molar-refractivity contribution in [2.24, 2.45) is 34.5 Å². The largest absolute Gasteiger partial charge is 0.462 e. The Balaban J connectivity index is 1.66. The SMILES string of the molecule is CC(C)(C)CC(C(=O)OC1CC2CC(CC(O)(C(F)(F)F)C(F)(F)F)C21)C1(C)C=C1. The molecule has 2 fully saturated rings. The normalized spacial score (nSPS) is 31.3. The van der Waals surface area contributed by atoms with Crippen LogP contribution in [-0.4, -0.2) is 35.1 Å². The minimum Gasteiger partial charge on any atom is -0.462 e. The Morgan fingerprint density at radius 1 is 1.10 bits per heavy atom. The summed E-state index contributed by atoms with van der Waals surface area (Å²) in [5.74, 6) is -2.54. The zero-order chi connectivity index (χ0) is 22.9. The second-order valence-electron chi connectivity index (χ2n) is 10.6. The van der Waals surface area contributed by atoms with Crippen LogP contribution >= 0.6 is 0 Å². The summed E-state index contributed by atoms with van der Waals surface area (Å²) in [6.45, 7) is 7.84. The van der Waals surface area contributed by atoms with Gasteiger partial charge < -0.3 is 9.84 Å². The van der Waals surface area contributed by atoms with E-state index in [2.05, 4.69) is 0 Å². The molecule has 0 spiro atoms. The molecule has 0 aromatic heterocycles. The lowest BCUT2D eigenvalue weighted by molar-refractivity contribution is -0.378. The van der Waals surface area contributed by atoms with Crippen molar-refractivity contribution < 1.29 is 41.0 Å². The highest BCUT2D eigenvalue weighted by molar-refractivity contribution is 5.76. The van der Waals surface area contributed by atoms with E-state index < -0.39 is 59.6 Å². The van der Waals surface area contributed by atoms with Crippen molar-refractivity contribution in [1.29, 1.82) is 0 Å². The van der Waals surface area contributed by atoms with Gasteiger partial charge in [-0.05, 0) is 42.9 Å². The third-order valence-corrected chi connectivity index (χ3v) is 6.97. The van der Waals surface area contributed by atoms with Gasteiger partial charge in [-0.1, -0.05) is 39.8 Å². The molecule has 0 heterocycles. The van der Waals surface area contributed by atoms with Crippen LogP contribution in [0.1, 0.15) is 53.4 Å². The van der Waals surface area contributed by atoms with Gasteiger partial charge in [0, 0.05) is 11.3 Å². The van der Waals surface area contributed by atoms with Gasteiger partial charge in [-0.2, -0.15) is 26.3 Å². The van der Waals surface area contributed by atoms with Gasteiger partial charge in [-0.15, -0.1) is 0 Å². The van der Waals surface area contributed by atoms with E-state index in [1.54, 1.807) is 0 Å². The number of hydrogen-bond donors (Lipinski definition) is 1. The third-order valence-electron chi connectivity index (χ3n) is 6.97. The minimum atomic E-state index is -5.82. The summed E-state index contributed by atoms with van der Waals surface area (Å²) in [5, 5.41) is 9.48. The fourth-order valence-electron chi connectivity index (χ4n) is 4.89. The van der Waals surface area contributed by atoms with E-state index in [0.29, 0.717) is 12.8 Å². The van der Waals surface area contributed by atoms with Crippen LogP contribution in [0.5, 0.6) is 0 Å². The number of carbonyl (C=O) groups is 1. The van der Waals surface area contributed by atoms with Gasteiger partial charge in [0.1, 0.15) is 6.10 Å². The number of halogens is 6. The van der Waals surface area contributed by atoms with Crippen molar-refractivity contribution in [3.8, 4) is 0 Å². The van der Waals surface area contributed by atoms with E-state index in [4.69, 9.17) is 4.74 Å². The van der Waals surface area contributed by atoms with E-state index in [1.807, 2.05) is 39.8 Å². The highest BCUT2D eigenvalue weighted by atomic mass is 19.4. The molecule has 30 heavy (non-hydrogen) atoms.